The second-order valence-electron chi connectivity index (χ2n) is 5.40. The van der Waals surface area contributed by atoms with Crippen LogP contribution in [0.2, 0.25) is 0 Å². The first-order valence-corrected chi connectivity index (χ1v) is 9.08. The molecule has 120 valence electrons. The summed E-state index contributed by atoms with van der Waals surface area (Å²) in [6.07, 6.45) is 2.81. The van der Waals surface area contributed by atoms with Crippen LogP contribution in [-0.2, 0) is 23.1 Å². The highest BCUT2D eigenvalue weighted by molar-refractivity contribution is 7.89. The number of aryl methyl sites for hydroxylation is 1. The smallest absolute Gasteiger partial charge is 0.244 e. The van der Waals surface area contributed by atoms with Crippen molar-refractivity contribution in [2.24, 2.45) is 5.73 Å². The van der Waals surface area contributed by atoms with Crippen LogP contribution in [-0.4, -0.2) is 54.9 Å². The Balaban J connectivity index is 2.13. The highest BCUT2D eigenvalue weighted by atomic mass is 32.2. The minimum Gasteiger partial charge on any atom is -0.349 e. The molecule has 0 spiro atoms. The van der Waals surface area contributed by atoms with Crippen LogP contribution >= 0.6 is 0 Å². The predicted octanol–water partition coefficient (Wildman–Crippen LogP) is 0.683. The van der Waals surface area contributed by atoms with Crippen molar-refractivity contribution in [3.8, 4) is 0 Å². The zero-order chi connectivity index (χ0) is 15.5. The average molecular weight is 314 g/mol. The molecule has 2 N–H and O–H groups in total. The van der Waals surface area contributed by atoms with E-state index in [1.165, 1.54) is 0 Å². The van der Waals surface area contributed by atoms with Gasteiger partial charge in [-0.1, -0.05) is 6.92 Å². The maximum atomic E-state index is 12.7. The van der Waals surface area contributed by atoms with Crippen molar-refractivity contribution in [2.45, 2.75) is 38.3 Å². The lowest BCUT2D eigenvalue weighted by atomic mass is 10.3. The van der Waals surface area contributed by atoms with E-state index < -0.39 is 10.0 Å². The summed E-state index contributed by atoms with van der Waals surface area (Å²) in [4.78, 5) is 2.68. The Morgan fingerprint density at radius 2 is 1.86 bits per heavy atom. The van der Waals surface area contributed by atoms with Gasteiger partial charge < -0.3 is 15.2 Å². The second kappa shape index (κ2) is 6.91. The van der Waals surface area contributed by atoms with Crippen molar-refractivity contribution in [1.29, 1.82) is 0 Å². The van der Waals surface area contributed by atoms with Crippen molar-refractivity contribution in [3.63, 3.8) is 0 Å². The lowest BCUT2D eigenvalue weighted by Gasteiger charge is -2.33. The molecule has 1 fully saturated rings. The first-order valence-electron chi connectivity index (χ1n) is 7.64. The van der Waals surface area contributed by atoms with E-state index in [1.807, 2.05) is 11.5 Å². The molecule has 0 aliphatic carbocycles. The van der Waals surface area contributed by atoms with Gasteiger partial charge in [-0.15, -0.1) is 0 Å². The normalized spacial score (nSPS) is 18.2. The van der Waals surface area contributed by atoms with Gasteiger partial charge in [0.2, 0.25) is 10.0 Å². The minimum absolute atomic E-state index is 0.355. The number of hydrogen-bond donors (Lipinski definition) is 1. The van der Waals surface area contributed by atoms with Crippen LogP contribution in [0.25, 0.3) is 0 Å². The average Bonchev–Trinajstić information content (AvgIpc) is 2.92. The monoisotopic (exact) mass is 314 g/mol. The zero-order valence-corrected chi connectivity index (χ0v) is 13.8. The quantitative estimate of drug-likeness (QED) is 0.838. The number of sulfonamides is 1. The van der Waals surface area contributed by atoms with Gasteiger partial charge in [0.15, 0.2) is 0 Å². The van der Waals surface area contributed by atoms with Crippen LogP contribution in [0, 0.1) is 0 Å². The van der Waals surface area contributed by atoms with E-state index in [0.29, 0.717) is 24.5 Å². The summed E-state index contributed by atoms with van der Waals surface area (Å²) in [7, 11) is -3.39. The summed E-state index contributed by atoms with van der Waals surface area (Å²) in [5, 5.41) is 0. The maximum Gasteiger partial charge on any atom is 0.244 e. The lowest BCUT2D eigenvalue weighted by molar-refractivity contribution is 0.188. The molecule has 0 amide bonds. The van der Waals surface area contributed by atoms with Gasteiger partial charge in [0.1, 0.15) is 4.90 Å². The van der Waals surface area contributed by atoms with Gasteiger partial charge in [0, 0.05) is 51.2 Å². The third kappa shape index (κ3) is 3.48. The molecule has 6 nitrogen and oxygen atoms in total. The van der Waals surface area contributed by atoms with Crippen molar-refractivity contribution in [1.82, 2.24) is 13.8 Å². The summed E-state index contributed by atoms with van der Waals surface area (Å²) in [5.41, 5.74) is 6.54. The Hall–Kier alpha value is -0.890. The SMILES string of the molecule is CCCN1CCN(S(=O)(=O)c2cc(CN)n(CC)c2)CC1. The van der Waals surface area contributed by atoms with Crippen LogP contribution in [0.5, 0.6) is 0 Å². The molecule has 7 heteroatoms. The van der Waals surface area contributed by atoms with Crippen molar-refractivity contribution in [2.75, 3.05) is 32.7 Å². The predicted molar refractivity (Wildman–Crippen MR) is 83.5 cm³/mol. The minimum atomic E-state index is -3.39. The molecular weight excluding hydrogens is 288 g/mol. The number of nitrogens with zero attached hydrogens (tertiary/aromatic N) is 3. The van der Waals surface area contributed by atoms with Crippen LogP contribution in [0.15, 0.2) is 17.2 Å². The summed E-state index contributed by atoms with van der Waals surface area (Å²) in [6, 6.07) is 1.71. The van der Waals surface area contributed by atoms with Crippen molar-refractivity contribution < 1.29 is 8.42 Å². The van der Waals surface area contributed by atoms with E-state index in [2.05, 4.69) is 11.8 Å². The molecule has 0 radical (unpaired) electrons. The summed E-state index contributed by atoms with van der Waals surface area (Å²) < 4.78 is 28.9. The molecule has 1 aliphatic rings. The molecule has 1 aromatic rings. The fourth-order valence-corrected chi connectivity index (χ4v) is 4.28. The molecule has 0 bridgehead atoms. The number of piperazine rings is 1. The molecule has 21 heavy (non-hydrogen) atoms. The molecule has 1 saturated heterocycles. The van der Waals surface area contributed by atoms with E-state index in [-0.39, 0.29) is 0 Å². The molecule has 0 atom stereocenters. The molecule has 0 saturated carbocycles. The van der Waals surface area contributed by atoms with Gasteiger partial charge in [-0.3, -0.25) is 0 Å². The van der Waals surface area contributed by atoms with Gasteiger partial charge in [0.25, 0.3) is 0 Å². The molecule has 2 rings (SSSR count). The summed E-state index contributed by atoms with van der Waals surface area (Å²) >= 11 is 0. The van der Waals surface area contributed by atoms with E-state index in [9.17, 15) is 8.42 Å². The summed E-state index contributed by atoms with van der Waals surface area (Å²) in [6.45, 7) is 9.01. The standard InChI is InChI=1S/C14H26N4O2S/c1-3-5-16-6-8-18(9-7-16)21(19,20)14-10-13(11-15)17(4-2)12-14/h10,12H,3-9,11,15H2,1-2H3. The van der Waals surface area contributed by atoms with E-state index in [1.54, 1.807) is 16.6 Å². The third-order valence-corrected chi connectivity index (χ3v) is 5.88. The molecule has 0 aromatic carbocycles. The Bertz CT molecular complexity index is 538. The van der Waals surface area contributed by atoms with E-state index in [0.717, 1.165) is 38.3 Å². The Morgan fingerprint density at radius 1 is 1.19 bits per heavy atom. The molecule has 2 heterocycles. The van der Waals surface area contributed by atoms with Crippen LogP contribution in [0.1, 0.15) is 26.0 Å². The third-order valence-electron chi connectivity index (χ3n) is 4.02. The Labute approximate surface area is 127 Å². The largest absolute Gasteiger partial charge is 0.349 e. The first-order chi connectivity index (χ1) is 10.0. The van der Waals surface area contributed by atoms with Gasteiger partial charge in [-0.05, 0) is 26.0 Å². The summed E-state index contributed by atoms with van der Waals surface area (Å²) in [5.74, 6) is 0. The molecule has 1 aromatic heterocycles. The highest BCUT2D eigenvalue weighted by Gasteiger charge is 2.29. The molecule has 1 aliphatic heterocycles. The van der Waals surface area contributed by atoms with Crippen molar-refractivity contribution in [3.05, 3.63) is 18.0 Å². The fraction of sp³-hybridized carbons (Fsp3) is 0.714. The topological polar surface area (TPSA) is 71.6 Å². The van der Waals surface area contributed by atoms with Crippen LogP contribution < -0.4 is 5.73 Å². The molecule has 0 unspecified atom stereocenters. The molecular formula is C14H26N4O2S. The van der Waals surface area contributed by atoms with Crippen LogP contribution in [0.4, 0.5) is 0 Å². The number of aromatic nitrogens is 1. The first kappa shape index (κ1) is 16.5. The Morgan fingerprint density at radius 3 is 2.33 bits per heavy atom. The highest BCUT2D eigenvalue weighted by Crippen LogP contribution is 2.20. The van der Waals surface area contributed by atoms with Crippen molar-refractivity contribution >= 4 is 10.0 Å². The number of rotatable bonds is 6. The van der Waals surface area contributed by atoms with E-state index in [4.69, 9.17) is 5.73 Å². The van der Waals surface area contributed by atoms with E-state index >= 15 is 0 Å². The second-order valence-corrected chi connectivity index (χ2v) is 7.34. The van der Waals surface area contributed by atoms with Crippen LogP contribution in [0.3, 0.4) is 0 Å². The van der Waals surface area contributed by atoms with Gasteiger partial charge >= 0.3 is 0 Å². The van der Waals surface area contributed by atoms with Gasteiger partial charge in [-0.25, -0.2) is 8.42 Å². The number of nitrogens with two attached hydrogens (primary N) is 1. The van der Waals surface area contributed by atoms with Gasteiger partial charge in [0.05, 0.1) is 0 Å². The Kier molecular flexibility index (Phi) is 5.43. The number of hydrogen-bond acceptors (Lipinski definition) is 4. The lowest BCUT2D eigenvalue weighted by Crippen LogP contribution is -2.48. The fourth-order valence-electron chi connectivity index (χ4n) is 2.79. The van der Waals surface area contributed by atoms with Gasteiger partial charge in [-0.2, -0.15) is 4.31 Å². The zero-order valence-electron chi connectivity index (χ0n) is 13.0. The maximum absolute atomic E-state index is 12.7.